The molecule has 152 valence electrons. The Morgan fingerprint density at radius 3 is 1.10 bits per heavy atom. The molecule has 0 aromatic heterocycles. The van der Waals surface area contributed by atoms with Crippen LogP contribution >= 0.6 is 0 Å². The van der Waals surface area contributed by atoms with Crippen molar-refractivity contribution in [2.75, 3.05) is 0 Å². The highest BCUT2D eigenvalue weighted by molar-refractivity contribution is 6.01. The molecule has 14 heteroatoms. The second-order valence-corrected chi connectivity index (χ2v) is 7.35. The molecule has 29 heavy (non-hydrogen) atoms. The van der Waals surface area contributed by atoms with Crippen LogP contribution in [-0.2, 0) is 9.59 Å². The van der Waals surface area contributed by atoms with Gasteiger partial charge >= 0.3 is 0 Å². The Morgan fingerprint density at radius 1 is 0.586 bits per heavy atom. The van der Waals surface area contributed by atoms with Crippen LogP contribution in [0.1, 0.15) is 44.9 Å². The van der Waals surface area contributed by atoms with E-state index in [1.165, 1.54) is 0 Å². The number of ketones is 2. The van der Waals surface area contributed by atoms with Gasteiger partial charge in [-0.15, -0.1) is 0 Å². The minimum Gasteiger partial charge on any atom is -0.299 e. The van der Waals surface area contributed by atoms with Gasteiger partial charge in [-0.2, -0.15) is 0 Å². The van der Waals surface area contributed by atoms with Gasteiger partial charge in [-0.1, -0.05) is 20.5 Å². The quantitative estimate of drug-likeness (QED) is 0.241. The van der Waals surface area contributed by atoms with Gasteiger partial charge in [0.2, 0.25) is 0 Å². The van der Waals surface area contributed by atoms with Gasteiger partial charge in [0.25, 0.3) is 0 Å². The van der Waals surface area contributed by atoms with Crippen molar-refractivity contribution < 1.29 is 9.59 Å². The number of carbonyl (C=O) groups is 2. The first-order valence-electron chi connectivity index (χ1n) is 9.22. The average Bonchev–Trinajstić information content (AvgIpc) is 2.68. The Bertz CT molecular complexity index is 712. The first-order chi connectivity index (χ1) is 14.0. The molecule has 0 saturated heterocycles. The summed E-state index contributed by atoms with van der Waals surface area (Å²) < 4.78 is 0. The second kappa shape index (κ2) is 10.8. The topological polar surface area (TPSA) is 229 Å². The van der Waals surface area contributed by atoms with Crippen molar-refractivity contribution >= 4 is 11.6 Å². The summed E-state index contributed by atoms with van der Waals surface area (Å²) >= 11 is 0. The molecule has 0 radical (unpaired) electrons. The van der Waals surface area contributed by atoms with Gasteiger partial charge in [-0.05, 0) is 60.6 Å². The molecule has 14 nitrogen and oxygen atoms in total. The van der Waals surface area contributed by atoms with Crippen molar-refractivity contribution in [2.24, 2.45) is 32.3 Å². The Kier molecular flexibility index (Phi) is 8.14. The number of hydrogen-bond donors (Lipinski definition) is 0. The van der Waals surface area contributed by atoms with Crippen molar-refractivity contribution in [2.45, 2.75) is 69.1 Å². The minimum absolute atomic E-state index is 0.294. The Balaban J connectivity index is 2.06. The molecule has 0 aromatic carbocycles. The lowest BCUT2D eigenvalue weighted by Crippen LogP contribution is -2.36. The van der Waals surface area contributed by atoms with Crippen LogP contribution < -0.4 is 0 Å². The normalized spacial score (nSPS) is 31.0. The molecule has 2 saturated carbocycles. The van der Waals surface area contributed by atoms with Crippen molar-refractivity contribution in [3.8, 4) is 0 Å². The van der Waals surface area contributed by atoms with E-state index in [0.717, 1.165) is 0 Å². The van der Waals surface area contributed by atoms with Crippen molar-refractivity contribution in [3.63, 3.8) is 0 Å². The minimum atomic E-state index is -0.539. The highest BCUT2D eigenvalue weighted by atomic mass is 16.1. The molecule has 2 fully saturated rings. The standard InChI is InChI=1S/C15H20N12O2/c16-24-20-10-1-8(2-11(5-10)21-25-17)14(28)7-15(29)9-3-12(22-26-18)6-13(4-9)23-27-19/h8-13H,1-7H2/t8?,9?,10-,11+,12-,13+. The van der Waals surface area contributed by atoms with Gasteiger partial charge in [0.05, 0.1) is 6.42 Å². The van der Waals surface area contributed by atoms with Gasteiger partial charge in [0.1, 0.15) is 11.6 Å². The zero-order chi connectivity index (χ0) is 21.2. The third-order valence-electron chi connectivity index (χ3n) is 5.43. The van der Waals surface area contributed by atoms with Crippen molar-refractivity contribution in [3.05, 3.63) is 41.8 Å². The van der Waals surface area contributed by atoms with E-state index < -0.39 is 36.0 Å². The zero-order valence-corrected chi connectivity index (χ0v) is 15.6. The first-order valence-corrected chi connectivity index (χ1v) is 9.22. The van der Waals surface area contributed by atoms with Crippen LogP contribution in [0.15, 0.2) is 20.5 Å². The fourth-order valence-corrected chi connectivity index (χ4v) is 4.17. The molecule has 0 spiro atoms. The molecular formula is C15H20N12O2. The zero-order valence-electron chi connectivity index (χ0n) is 15.6. The predicted molar refractivity (Wildman–Crippen MR) is 101 cm³/mol. The molecule has 0 bridgehead atoms. The van der Waals surface area contributed by atoms with E-state index >= 15 is 0 Å². The molecule has 0 aliphatic heterocycles. The van der Waals surface area contributed by atoms with E-state index in [9.17, 15) is 9.59 Å². The van der Waals surface area contributed by atoms with Crippen LogP contribution in [0.3, 0.4) is 0 Å². The van der Waals surface area contributed by atoms with Crippen LogP contribution in [0.2, 0.25) is 0 Å². The van der Waals surface area contributed by atoms with Gasteiger partial charge in [-0.25, -0.2) is 0 Å². The molecule has 2 unspecified atom stereocenters. The summed E-state index contributed by atoms with van der Waals surface area (Å²) in [6.45, 7) is 0. The van der Waals surface area contributed by atoms with Crippen LogP contribution in [-0.4, -0.2) is 35.7 Å². The van der Waals surface area contributed by atoms with E-state index in [1.807, 2.05) is 0 Å². The summed E-state index contributed by atoms with van der Waals surface area (Å²) in [7, 11) is 0. The summed E-state index contributed by atoms with van der Waals surface area (Å²) in [4.78, 5) is 36.5. The fraction of sp³-hybridized carbons (Fsp3) is 0.867. The molecular weight excluding hydrogens is 380 g/mol. The predicted octanol–water partition coefficient (Wildman–Crippen LogP) is 4.83. The highest BCUT2D eigenvalue weighted by Crippen LogP contribution is 2.33. The molecule has 6 atom stereocenters. The Morgan fingerprint density at radius 2 is 0.862 bits per heavy atom. The smallest absolute Gasteiger partial charge is 0.143 e. The lowest BCUT2D eigenvalue weighted by molar-refractivity contribution is -0.132. The third-order valence-corrected chi connectivity index (χ3v) is 5.43. The number of carbonyl (C=O) groups excluding carboxylic acids is 2. The lowest BCUT2D eigenvalue weighted by atomic mass is 9.76. The summed E-state index contributed by atoms with van der Waals surface area (Å²) in [5, 5.41) is 14.6. The average molecular weight is 400 g/mol. The van der Waals surface area contributed by atoms with Crippen LogP contribution in [0, 0.1) is 11.8 Å². The van der Waals surface area contributed by atoms with Crippen LogP contribution in [0.25, 0.3) is 41.8 Å². The highest BCUT2D eigenvalue weighted by Gasteiger charge is 2.36. The molecule has 0 heterocycles. The van der Waals surface area contributed by atoms with Gasteiger partial charge < -0.3 is 0 Å². The molecule has 0 amide bonds. The summed E-state index contributed by atoms with van der Waals surface area (Å²) in [6.07, 6.45) is 1.66. The fourth-order valence-electron chi connectivity index (χ4n) is 4.17. The largest absolute Gasteiger partial charge is 0.299 e. The maximum absolute atomic E-state index is 12.7. The molecule has 0 N–H and O–H groups in total. The maximum Gasteiger partial charge on any atom is 0.143 e. The lowest BCUT2D eigenvalue weighted by Gasteiger charge is -2.31. The first kappa shape index (κ1) is 21.9. The van der Waals surface area contributed by atoms with Crippen molar-refractivity contribution in [1.29, 1.82) is 0 Å². The molecule has 2 aliphatic rings. The molecule has 2 rings (SSSR count). The number of Topliss-reactive ketones (excluding diaryl/α,β-unsaturated/α-hetero) is 2. The number of hydrogen-bond acceptors (Lipinski definition) is 6. The van der Waals surface area contributed by atoms with Gasteiger partial charge in [0.15, 0.2) is 0 Å². The Labute approximate surface area is 165 Å². The summed E-state index contributed by atoms with van der Waals surface area (Å²) in [6, 6.07) is -1.86. The van der Waals surface area contributed by atoms with Gasteiger partial charge in [-0.3, -0.25) is 9.59 Å². The van der Waals surface area contributed by atoms with Gasteiger partial charge in [0, 0.05) is 55.7 Å². The monoisotopic (exact) mass is 400 g/mol. The van der Waals surface area contributed by atoms with E-state index in [-0.39, 0.29) is 18.0 Å². The second-order valence-electron chi connectivity index (χ2n) is 7.35. The third kappa shape index (κ3) is 6.31. The number of rotatable bonds is 8. The van der Waals surface area contributed by atoms with E-state index in [1.54, 1.807) is 0 Å². The van der Waals surface area contributed by atoms with Crippen molar-refractivity contribution in [1.82, 2.24) is 0 Å². The van der Waals surface area contributed by atoms with Crippen LogP contribution in [0.5, 0.6) is 0 Å². The maximum atomic E-state index is 12.7. The number of nitrogens with zero attached hydrogens (tertiary/aromatic N) is 12. The Hall–Kier alpha value is -3.42. The van der Waals surface area contributed by atoms with E-state index in [2.05, 4.69) is 40.1 Å². The van der Waals surface area contributed by atoms with Crippen LogP contribution in [0.4, 0.5) is 0 Å². The SMILES string of the molecule is [N-]=[N+]=N[C@@H]1CC(C(=O)CC(=O)C2C[C@@H](N=[N+]=[N-])C[C@@H](N=[N+]=[N-])C2)C[C@H](N=[N+]=[N-])C1. The van der Waals surface area contributed by atoms with E-state index in [0.29, 0.717) is 38.5 Å². The molecule has 0 aromatic rings. The molecule has 2 aliphatic carbocycles. The van der Waals surface area contributed by atoms with E-state index in [4.69, 9.17) is 22.1 Å². The summed E-state index contributed by atoms with van der Waals surface area (Å²) in [5.74, 6) is -1.67. The summed E-state index contributed by atoms with van der Waals surface area (Å²) in [5.41, 5.74) is 34.6. The number of azide groups is 4.